The van der Waals surface area contributed by atoms with Crippen molar-refractivity contribution in [3.63, 3.8) is 0 Å². The monoisotopic (exact) mass is 259 g/mol. The fourth-order valence-corrected chi connectivity index (χ4v) is 1.47. The number of nitro groups is 1. The molecule has 0 heterocycles. The Kier molecular flexibility index (Phi) is 6.09. The van der Waals surface area contributed by atoms with Gasteiger partial charge in [-0.05, 0) is 11.6 Å². The smallest absolute Gasteiger partial charge is 0.310 e. The molecule has 0 unspecified atom stereocenters. The molecule has 100 valence electrons. The molecule has 0 bridgehead atoms. The van der Waals surface area contributed by atoms with Crippen LogP contribution >= 0.6 is 0 Å². The maximum atomic E-state index is 10.8. The fourth-order valence-electron chi connectivity index (χ4n) is 1.47. The minimum absolute atomic E-state index is 0.0107. The van der Waals surface area contributed by atoms with Crippen LogP contribution in [-0.2, 0) is 6.61 Å². The lowest BCUT2D eigenvalue weighted by Gasteiger charge is -2.06. The van der Waals surface area contributed by atoms with Gasteiger partial charge in [0.25, 0.3) is 0 Å². The van der Waals surface area contributed by atoms with Gasteiger partial charge in [0.1, 0.15) is 6.61 Å². The number of rotatable bonds is 4. The van der Waals surface area contributed by atoms with E-state index in [1.165, 1.54) is 6.07 Å². The second kappa shape index (κ2) is 7.87. The zero-order valence-corrected chi connectivity index (χ0v) is 11.1. The van der Waals surface area contributed by atoms with Crippen molar-refractivity contribution in [1.82, 2.24) is 0 Å². The van der Waals surface area contributed by atoms with Gasteiger partial charge in [-0.2, -0.15) is 0 Å². The van der Waals surface area contributed by atoms with E-state index in [1.54, 1.807) is 18.2 Å². The molecule has 0 aromatic heterocycles. The molecule has 2 aromatic rings. The molecule has 4 heteroatoms. The van der Waals surface area contributed by atoms with E-state index < -0.39 is 4.92 Å². The lowest BCUT2D eigenvalue weighted by atomic mass is 10.2. The summed E-state index contributed by atoms with van der Waals surface area (Å²) in [6.45, 7) is 4.33. The van der Waals surface area contributed by atoms with Gasteiger partial charge >= 0.3 is 5.69 Å². The van der Waals surface area contributed by atoms with E-state index in [0.29, 0.717) is 12.4 Å². The first-order valence-electron chi connectivity index (χ1n) is 6.17. The lowest BCUT2D eigenvalue weighted by Crippen LogP contribution is -1.98. The summed E-state index contributed by atoms with van der Waals surface area (Å²) in [6, 6.07) is 15.9. The van der Waals surface area contributed by atoms with Crippen LogP contribution in [0.1, 0.15) is 19.4 Å². The highest BCUT2D eigenvalue weighted by atomic mass is 16.6. The number of benzene rings is 2. The van der Waals surface area contributed by atoms with Crippen LogP contribution in [-0.4, -0.2) is 4.92 Å². The van der Waals surface area contributed by atoms with Gasteiger partial charge in [-0.15, -0.1) is 0 Å². The molecule has 0 aliphatic heterocycles. The first kappa shape index (κ1) is 14.7. The van der Waals surface area contributed by atoms with Gasteiger partial charge in [-0.25, -0.2) is 0 Å². The molecular weight excluding hydrogens is 242 g/mol. The molecule has 0 amide bonds. The number of hydrogen-bond acceptors (Lipinski definition) is 3. The highest BCUT2D eigenvalue weighted by Gasteiger charge is 2.13. The number of para-hydroxylation sites is 2. The van der Waals surface area contributed by atoms with Crippen molar-refractivity contribution in [2.45, 2.75) is 20.5 Å². The van der Waals surface area contributed by atoms with Crippen LogP contribution in [0.2, 0.25) is 0 Å². The van der Waals surface area contributed by atoms with Gasteiger partial charge in [-0.3, -0.25) is 10.1 Å². The maximum absolute atomic E-state index is 10.8. The summed E-state index contributed by atoms with van der Waals surface area (Å²) in [5, 5.41) is 10.8. The Bertz CT molecular complexity index is 512. The molecule has 0 saturated carbocycles. The van der Waals surface area contributed by atoms with Gasteiger partial charge in [0.05, 0.1) is 4.92 Å². The van der Waals surface area contributed by atoms with E-state index in [2.05, 4.69) is 0 Å². The highest BCUT2D eigenvalue weighted by molar-refractivity contribution is 5.45. The Hall–Kier alpha value is -2.36. The fraction of sp³-hybridized carbons (Fsp3) is 0.200. The molecule has 0 atom stereocenters. The molecule has 0 radical (unpaired) electrons. The van der Waals surface area contributed by atoms with E-state index in [4.69, 9.17) is 4.74 Å². The SMILES string of the molecule is CC.O=[N+]([O-])c1ccccc1OCc1ccccc1. The summed E-state index contributed by atoms with van der Waals surface area (Å²) in [5.74, 6) is 0.293. The van der Waals surface area contributed by atoms with Gasteiger partial charge in [0.15, 0.2) is 5.75 Å². The summed E-state index contributed by atoms with van der Waals surface area (Å²) < 4.78 is 5.44. The van der Waals surface area contributed by atoms with E-state index >= 15 is 0 Å². The molecule has 2 aromatic carbocycles. The molecule has 2 rings (SSSR count). The second-order valence-electron chi connectivity index (χ2n) is 3.50. The summed E-state index contributed by atoms with van der Waals surface area (Å²) in [4.78, 5) is 10.3. The summed E-state index contributed by atoms with van der Waals surface area (Å²) in [6.07, 6.45) is 0. The van der Waals surface area contributed by atoms with E-state index in [-0.39, 0.29) is 5.69 Å². The third-order valence-corrected chi connectivity index (χ3v) is 2.30. The molecule has 0 fully saturated rings. The number of nitro benzene ring substituents is 1. The summed E-state index contributed by atoms with van der Waals surface area (Å²) >= 11 is 0. The third-order valence-electron chi connectivity index (χ3n) is 2.30. The predicted molar refractivity (Wildman–Crippen MR) is 75.2 cm³/mol. The molecule has 0 aliphatic rings. The zero-order chi connectivity index (χ0) is 14.1. The van der Waals surface area contributed by atoms with Crippen LogP contribution in [0, 0.1) is 10.1 Å². The number of ether oxygens (including phenoxy) is 1. The Morgan fingerprint density at radius 1 is 1.00 bits per heavy atom. The van der Waals surface area contributed by atoms with Crippen LogP contribution in [0.3, 0.4) is 0 Å². The van der Waals surface area contributed by atoms with Crippen molar-refractivity contribution in [3.05, 3.63) is 70.3 Å². The molecule has 4 nitrogen and oxygen atoms in total. The standard InChI is InChI=1S/C13H11NO3.C2H6/c15-14(16)12-8-4-5-9-13(12)17-10-11-6-2-1-3-7-11;1-2/h1-9H,10H2;1-2H3. The quantitative estimate of drug-likeness (QED) is 0.610. The van der Waals surface area contributed by atoms with Crippen LogP contribution in [0.15, 0.2) is 54.6 Å². The van der Waals surface area contributed by atoms with Crippen molar-refractivity contribution in [2.75, 3.05) is 0 Å². The van der Waals surface area contributed by atoms with Gasteiger partial charge in [0.2, 0.25) is 0 Å². The Morgan fingerprint density at radius 2 is 1.58 bits per heavy atom. The van der Waals surface area contributed by atoms with Crippen molar-refractivity contribution < 1.29 is 9.66 Å². The predicted octanol–water partition coefficient (Wildman–Crippen LogP) is 4.20. The lowest BCUT2D eigenvalue weighted by molar-refractivity contribution is -0.385. The Morgan fingerprint density at radius 3 is 2.21 bits per heavy atom. The Balaban J connectivity index is 0.000000861. The third kappa shape index (κ3) is 4.43. The number of hydrogen-bond donors (Lipinski definition) is 0. The van der Waals surface area contributed by atoms with Crippen molar-refractivity contribution in [1.29, 1.82) is 0 Å². The highest BCUT2D eigenvalue weighted by Crippen LogP contribution is 2.26. The molecular formula is C15H17NO3. The minimum atomic E-state index is -0.444. The Labute approximate surface area is 112 Å². The molecule has 0 saturated heterocycles. The van der Waals surface area contributed by atoms with Crippen LogP contribution < -0.4 is 4.74 Å². The van der Waals surface area contributed by atoms with Gasteiger partial charge < -0.3 is 4.74 Å². The van der Waals surface area contributed by atoms with E-state index in [9.17, 15) is 10.1 Å². The zero-order valence-electron chi connectivity index (χ0n) is 11.1. The molecule has 0 aliphatic carbocycles. The average molecular weight is 259 g/mol. The van der Waals surface area contributed by atoms with Crippen LogP contribution in [0.4, 0.5) is 5.69 Å². The van der Waals surface area contributed by atoms with Crippen molar-refractivity contribution in [3.8, 4) is 5.75 Å². The topological polar surface area (TPSA) is 52.4 Å². The van der Waals surface area contributed by atoms with E-state index in [1.807, 2.05) is 44.2 Å². The summed E-state index contributed by atoms with van der Waals surface area (Å²) in [7, 11) is 0. The average Bonchev–Trinajstić information content (AvgIpc) is 2.48. The maximum Gasteiger partial charge on any atom is 0.310 e. The largest absolute Gasteiger partial charge is 0.482 e. The second-order valence-corrected chi connectivity index (χ2v) is 3.50. The number of nitrogens with zero attached hydrogens (tertiary/aromatic N) is 1. The van der Waals surface area contributed by atoms with Crippen molar-refractivity contribution >= 4 is 5.69 Å². The summed E-state index contributed by atoms with van der Waals surface area (Å²) in [5.41, 5.74) is 0.967. The normalized spacial score (nSPS) is 9.16. The van der Waals surface area contributed by atoms with Gasteiger partial charge in [0, 0.05) is 6.07 Å². The van der Waals surface area contributed by atoms with Gasteiger partial charge in [-0.1, -0.05) is 56.3 Å². The minimum Gasteiger partial charge on any atom is -0.482 e. The van der Waals surface area contributed by atoms with Crippen LogP contribution in [0.5, 0.6) is 5.75 Å². The molecule has 0 N–H and O–H groups in total. The van der Waals surface area contributed by atoms with E-state index in [0.717, 1.165) is 5.56 Å². The van der Waals surface area contributed by atoms with Crippen molar-refractivity contribution in [2.24, 2.45) is 0 Å². The molecule has 0 spiro atoms. The van der Waals surface area contributed by atoms with Crippen LogP contribution in [0.25, 0.3) is 0 Å². The molecule has 19 heavy (non-hydrogen) atoms. The first-order chi connectivity index (χ1) is 9.27. The first-order valence-corrected chi connectivity index (χ1v) is 6.17.